The molecule has 0 saturated carbocycles. The zero-order valence-electron chi connectivity index (χ0n) is 11.3. The van der Waals surface area contributed by atoms with Gasteiger partial charge in [0.1, 0.15) is 5.75 Å². The van der Waals surface area contributed by atoms with Crippen molar-refractivity contribution in [3.8, 4) is 5.75 Å². The van der Waals surface area contributed by atoms with Crippen LogP contribution in [0.15, 0.2) is 24.3 Å². The summed E-state index contributed by atoms with van der Waals surface area (Å²) < 4.78 is 10.1. The summed E-state index contributed by atoms with van der Waals surface area (Å²) in [4.78, 5) is 11.4. The van der Waals surface area contributed by atoms with E-state index >= 15 is 0 Å². The number of hydrogen-bond donors (Lipinski definition) is 0. The Morgan fingerprint density at radius 2 is 1.89 bits per heavy atom. The van der Waals surface area contributed by atoms with Crippen LogP contribution in [0.4, 0.5) is 4.79 Å². The van der Waals surface area contributed by atoms with Crippen molar-refractivity contribution in [2.24, 2.45) is 0 Å². The molecule has 0 heterocycles. The maximum atomic E-state index is 11.4. The van der Waals surface area contributed by atoms with Crippen LogP contribution in [0.2, 0.25) is 0 Å². The molecule has 1 rings (SSSR count). The van der Waals surface area contributed by atoms with Crippen LogP contribution in [-0.4, -0.2) is 12.8 Å². The second kappa shape index (κ2) is 8.56. The van der Waals surface area contributed by atoms with Crippen molar-refractivity contribution in [2.45, 2.75) is 46.0 Å². The summed E-state index contributed by atoms with van der Waals surface area (Å²) in [6.07, 6.45) is 4.61. The van der Waals surface area contributed by atoms with E-state index in [9.17, 15) is 4.79 Å². The fourth-order valence-electron chi connectivity index (χ4n) is 1.68. The van der Waals surface area contributed by atoms with Crippen molar-refractivity contribution in [2.75, 3.05) is 6.61 Å². The summed E-state index contributed by atoms with van der Waals surface area (Å²) >= 11 is 0. The molecule has 0 bridgehead atoms. The van der Waals surface area contributed by atoms with Gasteiger partial charge in [-0.05, 0) is 30.9 Å². The lowest BCUT2D eigenvalue weighted by Crippen LogP contribution is -2.12. The molecule has 0 aliphatic heterocycles. The van der Waals surface area contributed by atoms with Crippen LogP contribution in [0, 0.1) is 0 Å². The van der Waals surface area contributed by atoms with Crippen molar-refractivity contribution >= 4 is 6.16 Å². The summed E-state index contributed by atoms with van der Waals surface area (Å²) in [5, 5.41) is 0. The van der Waals surface area contributed by atoms with E-state index in [2.05, 4.69) is 6.92 Å². The number of ether oxygens (including phenoxy) is 2. The molecular weight excluding hydrogens is 228 g/mol. The van der Waals surface area contributed by atoms with Gasteiger partial charge in [-0.3, -0.25) is 0 Å². The number of hydrogen-bond acceptors (Lipinski definition) is 3. The standard InChI is InChI=1S/C15H22O3/c1-3-5-6-9-13-10-7-8-11-14(13)18-15(16)17-12-4-2/h7-8,10-11H,3-6,9,12H2,1-2H3. The van der Waals surface area contributed by atoms with Crippen molar-refractivity contribution < 1.29 is 14.3 Å². The lowest BCUT2D eigenvalue weighted by molar-refractivity contribution is 0.0988. The van der Waals surface area contributed by atoms with Crippen LogP contribution < -0.4 is 4.74 Å². The Bertz CT molecular complexity index is 361. The van der Waals surface area contributed by atoms with Crippen LogP contribution in [0.3, 0.4) is 0 Å². The SMILES string of the molecule is CCCCCc1ccccc1OC(=O)OCCC. The van der Waals surface area contributed by atoms with Gasteiger partial charge < -0.3 is 9.47 Å². The molecule has 0 atom stereocenters. The second-order valence-corrected chi connectivity index (χ2v) is 4.27. The highest BCUT2D eigenvalue weighted by Gasteiger charge is 2.09. The molecule has 100 valence electrons. The van der Waals surface area contributed by atoms with Gasteiger partial charge in [-0.25, -0.2) is 4.79 Å². The highest BCUT2D eigenvalue weighted by molar-refractivity contribution is 5.64. The van der Waals surface area contributed by atoms with Crippen LogP contribution in [0.1, 0.15) is 45.1 Å². The predicted molar refractivity (Wildman–Crippen MR) is 71.9 cm³/mol. The topological polar surface area (TPSA) is 35.5 Å². The molecule has 0 radical (unpaired) electrons. The molecular formula is C15H22O3. The number of carbonyl (C=O) groups excluding carboxylic acids is 1. The van der Waals surface area contributed by atoms with E-state index in [1.807, 2.05) is 31.2 Å². The summed E-state index contributed by atoms with van der Waals surface area (Å²) in [5.41, 5.74) is 1.07. The highest BCUT2D eigenvalue weighted by Crippen LogP contribution is 2.20. The molecule has 0 aromatic heterocycles. The van der Waals surface area contributed by atoms with Crippen molar-refractivity contribution in [3.05, 3.63) is 29.8 Å². The third-order valence-corrected chi connectivity index (χ3v) is 2.64. The van der Waals surface area contributed by atoms with Crippen LogP contribution >= 0.6 is 0 Å². The molecule has 1 aromatic carbocycles. The Hall–Kier alpha value is -1.51. The minimum Gasteiger partial charge on any atom is -0.434 e. The predicted octanol–water partition coefficient (Wildman–Crippen LogP) is 4.34. The second-order valence-electron chi connectivity index (χ2n) is 4.27. The summed E-state index contributed by atoms with van der Waals surface area (Å²) in [6.45, 7) is 4.52. The van der Waals surface area contributed by atoms with Crippen molar-refractivity contribution in [3.63, 3.8) is 0 Å². The van der Waals surface area contributed by atoms with Gasteiger partial charge in [0, 0.05) is 0 Å². The first-order valence-electron chi connectivity index (χ1n) is 6.70. The smallest absolute Gasteiger partial charge is 0.434 e. The summed E-state index contributed by atoms with van der Waals surface area (Å²) in [6, 6.07) is 7.64. The minimum atomic E-state index is -0.611. The van der Waals surface area contributed by atoms with Crippen molar-refractivity contribution in [1.29, 1.82) is 0 Å². The Labute approximate surface area is 109 Å². The maximum Gasteiger partial charge on any atom is 0.513 e. The first-order chi connectivity index (χ1) is 8.77. The lowest BCUT2D eigenvalue weighted by Gasteiger charge is -2.09. The average molecular weight is 250 g/mol. The zero-order chi connectivity index (χ0) is 13.2. The van der Waals surface area contributed by atoms with E-state index in [-0.39, 0.29) is 0 Å². The lowest BCUT2D eigenvalue weighted by atomic mass is 10.1. The highest BCUT2D eigenvalue weighted by atomic mass is 16.7. The number of rotatable bonds is 7. The minimum absolute atomic E-state index is 0.400. The number of para-hydroxylation sites is 1. The maximum absolute atomic E-state index is 11.4. The van der Waals surface area contributed by atoms with E-state index in [0.717, 1.165) is 24.8 Å². The van der Waals surface area contributed by atoms with Gasteiger partial charge in [0.15, 0.2) is 0 Å². The Morgan fingerprint density at radius 3 is 2.61 bits per heavy atom. The van der Waals surface area contributed by atoms with Crippen LogP contribution in [0.5, 0.6) is 5.75 Å². The van der Waals surface area contributed by atoms with E-state index in [1.54, 1.807) is 0 Å². The normalized spacial score (nSPS) is 10.1. The van der Waals surface area contributed by atoms with Crippen molar-refractivity contribution in [1.82, 2.24) is 0 Å². The fourth-order valence-corrected chi connectivity index (χ4v) is 1.68. The first kappa shape index (κ1) is 14.6. The number of benzene rings is 1. The number of aryl methyl sites for hydroxylation is 1. The number of carbonyl (C=O) groups is 1. The van der Waals surface area contributed by atoms with Gasteiger partial charge in [0.05, 0.1) is 6.61 Å². The third kappa shape index (κ3) is 5.21. The zero-order valence-corrected chi connectivity index (χ0v) is 11.3. The Kier molecular flexibility index (Phi) is 6.92. The molecule has 1 aromatic rings. The average Bonchev–Trinajstić information content (AvgIpc) is 2.38. The fraction of sp³-hybridized carbons (Fsp3) is 0.533. The van der Waals surface area contributed by atoms with Gasteiger partial charge in [0.2, 0.25) is 0 Å². The van der Waals surface area contributed by atoms with Gasteiger partial charge in [-0.2, -0.15) is 0 Å². The molecule has 0 fully saturated rings. The van der Waals surface area contributed by atoms with Gasteiger partial charge in [-0.1, -0.05) is 44.9 Å². The molecule has 0 N–H and O–H groups in total. The van der Waals surface area contributed by atoms with Crippen LogP contribution in [-0.2, 0) is 11.2 Å². The Balaban J connectivity index is 2.55. The van der Waals surface area contributed by atoms with Gasteiger partial charge >= 0.3 is 6.16 Å². The third-order valence-electron chi connectivity index (χ3n) is 2.64. The summed E-state index contributed by atoms with van der Waals surface area (Å²) in [7, 11) is 0. The molecule has 0 saturated heterocycles. The van der Waals surface area contributed by atoms with E-state index in [0.29, 0.717) is 12.4 Å². The molecule has 0 unspecified atom stereocenters. The molecule has 0 aliphatic rings. The molecule has 3 nitrogen and oxygen atoms in total. The quantitative estimate of drug-likeness (QED) is 0.410. The van der Waals surface area contributed by atoms with E-state index < -0.39 is 6.16 Å². The number of unbranched alkanes of at least 4 members (excludes halogenated alkanes) is 2. The van der Waals surface area contributed by atoms with Gasteiger partial charge in [0.25, 0.3) is 0 Å². The molecule has 0 aliphatic carbocycles. The molecule has 0 amide bonds. The van der Waals surface area contributed by atoms with E-state index in [1.165, 1.54) is 12.8 Å². The van der Waals surface area contributed by atoms with E-state index in [4.69, 9.17) is 9.47 Å². The molecule has 3 heteroatoms. The van der Waals surface area contributed by atoms with Crippen LogP contribution in [0.25, 0.3) is 0 Å². The summed E-state index contributed by atoms with van der Waals surface area (Å²) in [5.74, 6) is 0.620. The molecule has 18 heavy (non-hydrogen) atoms. The van der Waals surface area contributed by atoms with Gasteiger partial charge in [-0.15, -0.1) is 0 Å². The monoisotopic (exact) mass is 250 g/mol. The largest absolute Gasteiger partial charge is 0.513 e. The molecule has 0 spiro atoms. The first-order valence-corrected chi connectivity index (χ1v) is 6.70. The Morgan fingerprint density at radius 1 is 1.11 bits per heavy atom.